The van der Waals surface area contributed by atoms with E-state index in [2.05, 4.69) is 30.9 Å². The number of hydrogen-bond acceptors (Lipinski definition) is 4. The van der Waals surface area contributed by atoms with Crippen LogP contribution in [0.5, 0.6) is 0 Å². The Hall–Kier alpha value is -2.01. The van der Waals surface area contributed by atoms with Gasteiger partial charge in [-0.3, -0.25) is 4.98 Å². The molecule has 2 N–H and O–H groups in total. The van der Waals surface area contributed by atoms with Crippen LogP contribution in [0.25, 0.3) is 22.3 Å². The van der Waals surface area contributed by atoms with Crippen LogP contribution < -0.4 is 5.73 Å². The lowest BCUT2D eigenvalue weighted by Gasteiger charge is -2.07. The van der Waals surface area contributed by atoms with Crippen molar-refractivity contribution in [2.75, 3.05) is 5.73 Å². The van der Waals surface area contributed by atoms with Gasteiger partial charge in [-0.05, 0) is 36.8 Å². The zero-order valence-electron chi connectivity index (χ0n) is 10.3. The normalized spacial score (nSPS) is 10.8. The van der Waals surface area contributed by atoms with Crippen molar-refractivity contribution in [3.63, 3.8) is 0 Å². The lowest BCUT2D eigenvalue weighted by atomic mass is 10.1. The molecule has 0 fully saturated rings. The van der Waals surface area contributed by atoms with E-state index in [4.69, 9.17) is 5.73 Å². The molecule has 0 aliphatic rings. The van der Waals surface area contributed by atoms with Crippen molar-refractivity contribution in [3.8, 4) is 11.4 Å². The van der Waals surface area contributed by atoms with E-state index >= 15 is 0 Å². The fraction of sp³-hybridized carbons (Fsp3) is 0.0714. The van der Waals surface area contributed by atoms with E-state index in [1.54, 1.807) is 12.4 Å². The highest BCUT2D eigenvalue weighted by atomic mass is 79.9. The molecule has 4 nitrogen and oxygen atoms in total. The van der Waals surface area contributed by atoms with E-state index in [1.165, 1.54) is 0 Å². The van der Waals surface area contributed by atoms with Crippen LogP contribution in [0.2, 0.25) is 0 Å². The second-order valence-corrected chi connectivity index (χ2v) is 5.15. The number of hydrogen-bond donors (Lipinski definition) is 1. The smallest absolute Gasteiger partial charge is 0.163 e. The van der Waals surface area contributed by atoms with Gasteiger partial charge in [0.15, 0.2) is 5.82 Å². The molecule has 3 rings (SSSR count). The third-order valence-electron chi connectivity index (χ3n) is 2.93. The number of rotatable bonds is 1. The molecule has 0 saturated heterocycles. The Morgan fingerprint density at radius 1 is 1.21 bits per heavy atom. The monoisotopic (exact) mass is 314 g/mol. The van der Waals surface area contributed by atoms with Crippen molar-refractivity contribution in [1.29, 1.82) is 0 Å². The number of nitrogens with zero attached hydrogens (tertiary/aromatic N) is 3. The molecule has 19 heavy (non-hydrogen) atoms. The highest BCUT2D eigenvalue weighted by Gasteiger charge is 2.09. The molecule has 2 heterocycles. The Bertz CT molecular complexity index is 756. The Kier molecular flexibility index (Phi) is 2.91. The van der Waals surface area contributed by atoms with Crippen LogP contribution in [0.4, 0.5) is 5.82 Å². The molecule has 0 bridgehead atoms. The molecule has 0 amide bonds. The Balaban J connectivity index is 2.28. The summed E-state index contributed by atoms with van der Waals surface area (Å²) < 4.78 is 1.00. The SMILES string of the molecule is Cc1cc2nc(-c3cccnc3)nc(N)c2cc1Br. The van der Waals surface area contributed by atoms with Crippen molar-refractivity contribution < 1.29 is 0 Å². The summed E-state index contributed by atoms with van der Waals surface area (Å²) in [7, 11) is 0. The average Bonchev–Trinajstić information content (AvgIpc) is 2.42. The standard InChI is InChI=1S/C14H11BrN4/c1-8-5-12-10(6-11(8)15)13(16)19-14(18-12)9-3-2-4-17-7-9/h2-7H,1H3,(H2,16,18,19). The predicted molar refractivity (Wildman–Crippen MR) is 79.6 cm³/mol. The summed E-state index contributed by atoms with van der Waals surface area (Å²) >= 11 is 3.49. The fourth-order valence-electron chi connectivity index (χ4n) is 1.90. The van der Waals surface area contributed by atoms with Crippen molar-refractivity contribution in [3.05, 3.63) is 46.7 Å². The molecule has 3 aromatic rings. The van der Waals surface area contributed by atoms with Crippen molar-refractivity contribution in [1.82, 2.24) is 15.0 Å². The van der Waals surface area contributed by atoms with Crippen molar-refractivity contribution >= 4 is 32.7 Å². The van der Waals surface area contributed by atoms with Gasteiger partial charge in [-0.25, -0.2) is 9.97 Å². The van der Waals surface area contributed by atoms with Gasteiger partial charge < -0.3 is 5.73 Å². The first-order valence-corrected chi connectivity index (χ1v) is 6.58. The van der Waals surface area contributed by atoms with Gasteiger partial charge in [0.05, 0.1) is 5.52 Å². The molecule has 0 aliphatic carbocycles. The maximum atomic E-state index is 6.02. The molecule has 0 atom stereocenters. The minimum atomic E-state index is 0.476. The highest BCUT2D eigenvalue weighted by Crippen LogP contribution is 2.27. The van der Waals surface area contributed by atoms with E-state index in [1.807, 2.05) is 31.2 Å². The third kappa shape index (κ3) is 2.17. The predicted octanol–water partition coefficient (Wildman–Crippen LogP) is 3.34. The van der Waals surface area contributed by atoms with Crippen LogP contribution in [-0.4, -0.2) is 15.0 Å². The molecule has 0 unspecified atom stereocenters. The lowest BCUT2D eigenvalue weighted by Crippen LogP contribution is -1.98. The quantitative estimate of drug-likeness (QED) is 0.748. The number of benzene rings is 1. The average molecular weight is 315 g/mol. The number of pyridine rings is 1. The summed E-state index contributed by atoms with van der Waals surface area (Å²) in [5.41, 5.74) is 8.83. The second-order valence-electron chi connectivity index (χ2n) is 4.29. The third-order valence-corrected chi connectivity index (χ3v) is 3.78. The van der Waals surface area contributed by atoms with Crippen LogP contribution in [0.1, 0.15) is 5.56 Å². The summed E-state index contributed by atoms with van der Waals surface area (Å²) in [6, 6.07) is 7.72. The molecule has 1 aromatic carbocycles. The highest BCUT2D eigenvalue weighted by molar-refractivity contribution is 9.10. The molecule has 2 aromatic heterocycles. The summed E-state index contributed by atoms with van der Waals surface area (Å²) in [6.07, 6.45) is 3.45. The molecular weight excluding hydrogens is 304 g/mol. The van der Waals surface area contributed by atoms with E-state index < -0.39 is 0 Å². The van der Waals surface area contributed by atoms with Gasteiger partial charge in [0.25, 0.3) is 0 Å². The zero-order valence-corrected chi connectivity index (χ0v) is 11.8. The van der Waals surface area contributed by atoms with E-state index in [0.717, 1.165) is 26.5 Å². The Labute approximate surface area is 118 Å². The van der Waals surface area contributed by atoms with Crippen LogP contribution in [0, 0.1) is 6.92 Å². The first-order chi connectivity index (χ1) is 9.15. The van der Waals surface area contributed by atoms with Gasteiger partial charge in [-0.15, -0.1) is 0 Å². The topological polar surface area (TPSA) is 64.7 Å². The van der Waals surface area contributed by atoms with E-state index in [0.29, 0.717) is 11.6 Å². The van der Waals surface area contributed by atoms with Gasteiger partial charge in [-0.2, -0.15) is 0 Å². The van der Waals surface area contributed by atoms with Crippen molar-refractivity contribution in [2.45, 2.75) is 6.92 Å². The molecule has 0 spiro atoms. The lowest BCUT2D eigenvalue weighted by molar-refractivity contribution is 1.21. The first-order valence-electron chi connectivity index (χ1n) is 5.79. The minimum absolute atomic E-state index is 0.476. The van der Waals surface area contributed by atoms with Gasteiger partial charge in [-0.1, -0.05) is 15.9 Å². The van der Waals surface area contributed by atoms with E-state index in [9.17, 15) is 0 Å². The van der Waals surface area contributed by atoms with Crippen LogP contribution in [0.15, 0.2) is 41.1 Å². The fourth-order valence-corrected chi connectivity index (χ4v) is 2.24. The minimum Gasteiger partial charge on any atom is -0.383 e. The maximum absolute atomic E-state index is 6.02. The number of aryl methyl sites for hydroxylation is 1. The Morgan fingerprint density at radius 2 is 2.05 bits per heavy atom. The number of nitrogen functional groups attached to an aromatic ring is 1. The zero-order chi connectivity index (χ0) is 13.4. The molecule has 0 radical (unpaired) electrons. The van der Waals surface area contributed by atoms with Crippen LogP contribution in [0.3, 0.4) is 0 Å². The van der Waals surface area contributed by atoms with Gasteiger partial charge in [0.2, 0.25) is 0 Å². The Morgan fingerprint density at radius 3 is 2.79 bits per heavy atom. The van der Waals surface area contributed by atoms with Gasteiger partial charge >= 0.3 is 0 Å². The number of anilines is 1. The summed E-state index contributed by atoms with van der Waals surface area (Å²) in [5, 5.41) is 0.852. The number of nitrogens with two attached hydrogens (primary N) is 1. The largest absolute Gasteiger partial charge is 0.383 e. The van der Waals surface area contributed by atoms with Gasteiger partial charge in [0, 0.05) is 27.8 Å². The first kappa shape index (κ1) is 12.0. The molecule has 5 heteroatoms. The second kappa shape index (κ2) is 4.59. The number of halogens is 1. The molecule has 94 valence electrons. The van der Waals surface area contributed by atoms with Crippen molar-refractivity contribution in [2.24, 2.45) is 0 Å². The van der Waals surface area contributed by atoms with Gasteiger partial charge in [0.1, 0.15) is 5.82 Å². The van der Waals surface area contributed by atoms with Crippen LogP contribution in [-0.2, 0) is 0 Å². The summed E-state index contributed by atoms with van der Waals surface area (Å²) in [5.74, 6) is 1.07. The van der Waals surface area contributed by atoms with Crippen LogP contribution >= 0.6 is 15.9 Å². The number of aromatic nitrogens is 3. The maximum Gasteiger partial charge on any atom is 0.163 e. The number of fused-ring (bicyclic) bond motifs is 1. The molecular formula is C14H11BrN4. The summed E-state index contributed by atoms with van der Waals surface area (Å²) in [6.45, 7) is 2.02. The molecule has 0 saturated carbocycles. The summed E-state index contributed by atoms with van der Waals surface area (Å²) in [4.78, 5) is 13.0. The molecule has 0 aliphatic heterocycles. The van der Waals surface area contributed by atoms with E-state index in [-0.39, 0.29) is 0 Å².